The maximum absolute atomic E-state index is 11.8. The zero-order valence-corrected chi connectivity index (χ0v) is 10.1. The van der Waals surface area contributed by atoms with Crippen molar-refractivity contribution in [3.8, 4) is 5.75 Å². The summed E-state index contributed by atoms with van der Waals surface area (Å²) in [6, 6.07) is 4.22. The van der Waals surface area contributed by atoms with Crippen LogP contribution in [0.5, 0.6) is 5.75 Å². The van der Waals surface area contributed by atoms with Crippen LogP contribution in [0.2, 0.25) is 0 Å². The van der Waals surface area contributed by atoms with Gasteiger partial charge >= 0.3 is 0 Å². The van der Waals surface area contributed by atoms with E-state index in [1.807, 2.05) is 0 Å². The van der Waals surface area contributed by atoms with Crippen LogP contribution in [0.4, 0.5) is 5.69 Å². The largest absolute Gasteiger partial charge is 0.495 e. The van der Waals surface area contributed by atoms with Crippen molar-refractivity contribution in [1.82, 2.24) is 4.47 Å². The van der Waals surface area contributed by atoms with Crippen molar-refractivity contribution in [1.29, 1.82) is 0 Å². The van der Waals surface area contributed by atoms with E-state index < -0.39 is 10.0 Å². The standard InChI is InChI=1S/C9H14N2O4S/c1-11(15-3)16(12,13)7-4-5-9(14-2)8(10)6-7/h4-6H,10H2,1-3H3. The predicted molar refractivity (Wildman–Crippen MR) is 59.4 cm³/mol. The SMILES string of the molecule is COc1ccc(S(=O)(=O)N(C)OC)cc1N. The molecule has 0 aliphatic carbocycles. The molecule has 6 nitrogen and oxygen atoms in total. The topological polar surface area (TPSA) is 81.9 Å². The first-order valence-corrected chi connectivity index (χ1v) is 5.84. The number of methoxy groups -OCH3 is 1. The van der Waals surface area contributed by atoms with E-state index >= 15 is 0 Å². The quantitative estimate of drug-likeness (QED) is 0.616. The second kappa shape index (κ2) is 4.69. The van der Waals surface area contributed by atoms with Crippen LogP contribution in [0.25, 0.3) is 0 Å². The minimum absolute atomic E-state index is 0.0511. The van der Waals surface area contributed by atoms with Gasteiger partial charge in [-0.15, -0.1) is 0 Å². The summed E-state index contributed by atoms with van der Waals surface area (Å²) in [4.78, 5) is 4.69. The fraction of sp³-hybridized carbons (Fsp3) is 0.333. The summed E-state index contributed by atoms with van der Waals surface area (Å²) < 4.78 is 29.3. The predicted octanol–water partition coefficient (Wildman–Crippen LogP) is 0.459. The van der Waals surface area contributed by atoms with Gasteiger partial charge in [0.25, 0.3) is 10.0 Å². The molecule has 0 atom stereocenters. The third-order valence-electron chi connectivity index (χ3n) is 2.09. The van der Waals surface area contributed by atoms with Crippen LogP contribution in [0.1, 0.15) is 0 Å². The lowest BCUT2D eigenvalue weighted by molar-refractivity contribution is -0.0258. The molecule has 1 rings (SSSR count). The van der Waals surface area contributed by atoms with Crippen LogP contribution in [0.3, 0.4) is 0 Å². The number of rotatable bonds is 4. The van der Waals surface area contributed by atoms with Crippen molar-refractivity contribution in [2.24, 2.45) is 0 Å². The highest BCUT2D eigenvalue weighted by Gasteiger charge is 2.21. The van der Waals surface area contributed by atoms with Crippen LogP contribution in [-0.4, -0.2) is 34.2 Å². The molecule has 1 aromatic rings. The molecular weight excluding hydrogens is 232 g/mol. The van der Waals surface area contributed by atoms with Crippen molar-refractivity contribution in [3.63, 3.8) is 0 Å². The van der Waals surface area contributed by atoms with Crippen LogP contribution in [-0.2, 0) is 14.9 Å². The molecule has 1 aromatic carbocycles. The lowest BCUT2D eigenvalue weighted by Crippen LogP contribution is -2.25. The molecule has 7 heteroatoms. The lowest BCUT2D eigenvalue weighted by atomic mass is 10.3. The van der Waals surface area contributed by atoms with Gasteiger partial charge in [-0.2, -0.15) is 0 Å². The number of nitrogen functional groups attached to an aromatic ring is 1. The van der Waals surface area contributed by atoms with Crippen molar-refractivity contribution < 1.29 is 18.0 Å². The van der Waals surface area contributed by atoms with E-state index in [0.29, 0.717) is 5.75 Å². The summed E-state index contributed by atoms with van der Waals surface area (Å²) in [5.74, 6) is 0.430. The molecular formula is C9H14N2O4S. The molecule has 0 aliphatic heterocycles. The van der Waals surface area contributed by atoms with Crippen molar-refractivity contribution in [2.45, 2.75) is 4.90 Å². The summed E-state index contributed by atoms with van der Waals surface area (Å²) in [7, 11) is 0.368. The molecule has 0 saturated heterocycles. The van der Waals surface area contributed by atoms with E-state index in [1.54, 1.807) is 0 Å². The van der Waals surface area contributed by atoms with Crippen LogP contribution in [0, 0.1) is 0 Å². The van der Waals surface area contributed by atoms with Gasteiger partial charge < -0.3 is 10.5 Å². The van der Waals surface area contributed by atoms with Crippen LogP contribution < -0.4 is 10.5 Å². The van der Waals surface area contributed by atoms with Crippen molar-refractivity contribution in [3.05, 3.63) is 18.2 Å². The molecule has 2 N–H and O–H groups in total. The van der Waals surface area contributed by atoms with E-state index in [-0.39, 0.29) is 10.6 Å². The fourth-order valence-corrected chi connectivity index (χ4v) is 2.13. The van der Waals surface area contributed by atoms with E-state index in [2.05, 4.69) is 4.84 Å². The first-order valence-electron chi connectivity index (χ1n) is 4.40. The molecule has 0 saturated carbocycles. The average molecular weight is 246 g/mol. The maximum atomic E-state index is 11.8. The number of benzene rings is 1. The van der Waals surface area contributed by atoms with Gasteiger partial charge in [0, 0.05) is 7.05 Å². The Hall–Kier alpha value is -1.31. The number of sulfonamides is 1. The van der Waals surface area contributed by atoms with Gasteiger partial charge in [0.2, 0.25) is 0 Å². The molecule has 0 radical (unpaired) electrons. The molecule has 16 heavy (non-hydrogen) atoms. The summed E-state index contributed by atoms with van der Waals surface area (Å²) in [5, 5.41) is 0. The number of ether oxygens (including phenoxy) is 1. The number of hydrogen-bond donors (Lipinski definition) is 1. The Labute approximate surface area is 94.6 Å². The Morgan fingerprint density at radius 2 is 1.94 bits per heavy atom. The Bertz CT molecular complexity index is 472. The fourth-order valence-electron chi connectivity index (χ4n) is 1.12. The summed E-state index contributed by atoms with van der Waals surface area (Å²) in [6.07, 6.45) is 0. The van der Waals surface area contributed by atoms with E-state index in [0.717, 1.165) is 4.47 Å². The molecule has 0 heterocycles. The first-order chi connectivity index (χ1) is 7.43. The monoisotopic (exact) mass is 246 g/mol. The Morgan fingerprint density at radius 3 is 2.38 bits per heavy atom. The zero-order valence-electron chi connectivity index (χ0n) is 9.30. The van der Waals surface area contributed by atoms with Gasteiger partial charge in [0.15, 0.2) is 0 Å². The Kier molecular flexibility index (Phi) is 3.74. The number of nitrogens with zero attached hydrogens (tertiary/aromatic N) is 1. The molecule has 0 bridgehead atoms. The minimum atomic E-state index is -3.66. The second-order valence-corrected chi connectivity index (χ2v) is 4.94. The van der Waals surface area contributed by atoms with Crippen LogP contribution in [0.15, 0.2) is 23.1 Å². The average Bonchev–Trinajstić information content (AvgIpc) is 2.27. The second-order valence-electron chi connectivity index (χ2n) is 3.00. The van der Waals surface area contributed by atoms with Crippen LogP contribution >= 0.6 is 0 Å². The van der Waals surface area contributed by atoms with E-state index in [1.165, 1.54) is 39.5 Å². The van der Waals surface area contributed by atoms with Gasteiger partial charge in [-0.1, -0.05) is 4.47 Å². The highest BCUT2D eigenvalue weighted by atomic mass is 32.2. The maximum Gasteiger partial charge on any atom is 0.264 e. The molecule has 0 fully saturated rings. The molecule has 0 unspecified atom stereocenters. The summed E-state index contributed by atoms with van der Waals surface area (Å²) in [6.45, 7) is 0. The van der Waals surface area contributed by atoms with E-state index in [4.69, 9.17) is 10.5 Å². The molecule has 0 aromatic heterocycles. The highest BCUT2D eigenvalue weighted by Crippen LogP contribution is 2.25. The number of hydroxylamine groups is 1. The first kappa shape index (κ1) is 12.8. The lowest BCUT2D eigenvalue weighted by Gasteiger charge is -2.14. The van der Waals surface area contributed by atoms with Gasteiger partial charge in [0.05, 0.1) is 24.8 Å². The third-order valence-corrected chi connectivity index (χ3v) is 3.77. The summed E-state index contributed by atoms with van der Waals surface area (Å²) >= 11 is 0. The van der Waals surface area contributed by atoms with Gasteiger partial charge in [-0.3, -0.25) is 4.84 Å². The normalized spacial score (nSPS) is 11.8. The van der Waals surface area contributed by atoms with E-state index in [9.17, 15) is 8.42 Å². The van der Waals surface area contributed by atoms with Crippen molar-refractivity contribution in [2.75, 3.05) is 27.0 Å². The minimum Gasteiger partial charge on any atom is -0.495 e. The van der Waals surface area contributed by atoms with Crippen molar-refractivity contribution >= 4 is 15.7 Å². The third kappa shape index (κ3) is 2.26. The van der Waals surface area contributed by atoms with Gasteiger partial charge in [-0.05, 0) is 18.2 Å². The highest BCUT2D eigenvalue weighted by molar-refractivity contribution is 7.89. The van der Waals surface area contributed by atoms with Gasteiger partial charge in [0.1, 0.15) is 5.75 Å². The molecule has 0 aliphatic rings. The van der Waals surface area contributed by atoms with Gasteiger partial charge in [-0.25, -0.2) is 8.42 Å². The Morgan fingerprint density at radius 1 is 1.31 bits per heavy atom. The summed E-state index contributed by atoms with van der Waals surface area (Å²) in [5.41, 5.74) is 5.88. The number of anilines is 1. The number of nitrogens with two attached hydrogens (primary N) is 1. The zero-order chi connectivity index (χ0) is 12.3. The molecule has 0 amide bonds. The molecule has 0 spiro atoms. The smallest absolute Gasteiger partial charge is 0.264 e. The number of hydrogen-bond acceptors (Lipinski definition) is 5. The Balaban J connectivity index is 3.21. The molecule has 90 valence electrons.